The first kappa shape index (κ1) is 12.5. The highest BCUT2D eigenvalue weighted by atomic mass is 16.5. The van der Waals surface area contributed by atoms with Crippen LogP contribution in [-0.4, -0.2) is 32.9 Å². The Morgan fingerprint density at radius 2 is 2.26 bits per heavy atom. The van der Waals surface area contributed by atoms with Crippen LogP contribution in [0.5, 0.6) is 5.75 Å². The third-order valence-electron chi connectivity index (χ3n) is 3.99. The highest BCUT2D eigenvalue weighted by molar-refractivity contribution is 5.71. The molecule has 102 valence electrons. The molecule has 4 nitrogen and oxygen atoms in total. The molecule has 0 amide bonds. The lowest BCUT2D eigenvalue weighted by Crippen LogP contribution is -2.48. The van der Waals surface area contributed by atoms with Crippen LogP contribution in [0.1, 0.15) is 24.0 Å². The summed E-state index contributed by atoms with van der Waals surface area (Å²) in [4.78, 5) is 11.6. The minimum Gasteiger partial charge on any atom is -0.493 e. The maximum absolute atomic E-state index is 11.6. The third kappa shape index (κ3) is 2.21. The maximum atomic E-state index is 11.6. The summed E-state index contributed by atoms with van der Waals surface area (Å²) in [6.45, 7) is 1.96. The van der Waals surface area contributed by atoms with Crippen LogP contribution in [0.4, 0.5) is 0 Å². The van der Waals surface area contributed by atoms with E-state index in [1.165, 1.54) is 12.7 Å². The second kappa shape index (κ2) is 4.85. The number of ether oxygens (including phenoxy) is 3. The third-order valence-corrected chi connectivity index (χ3v) is 3.99. The van der Waals surface area contributed by atoms with E-state index in [9.17, 15) is 4.79 Å². The number of hydrogen-bond donors (Lipinski definition) is 0. The van der Waals surface area contributed by atoms with Gasteiger partial charge in [0, 0.05) is 0 Å². The number of carbonyl (C=O) groups excluding carboxylic acids is 1. The van der Waals surface area contributed by atoms with E-state index in [2.05, 4.69) is 12.1 Å². The number of rotatable bonds is 3. The van der Waals surface area contributed by atoms with Gasteiger partial charge in [0.15, 0.2) is 0 Å². The molecular weight excluding hydrogens is 244 g/mol. The number of esters is 1. The Kier molecular flexibility index (Phi) is 3.19. The Bertz CT molecular complexity index is 491. The van der Waals surface area contributed by atoms with Crippen molar-refractivity contribution in [2.75, 3.05) is 26.9 Å². The van der Waals surface area contributed by atoms with Gasteiger partial charge in [0.25, 0.3) is 0 Å². The Morgan fingerprint density at radius 3 is 2.95 bits per heavy atom. The lowest BCUT2D eigenvalue weighted by atomic mass is 9.75. The normalized spacial score (nSPS) is 19.8. The Balaban J connectivity index is 1.89. The number of benzene rings is 1. The van der Waals surface area contributed by atoms with Gasteiger partial charge in [0.1, 0.15) is 5.75 Å². The molecule has 0 N–H and O–H groups in total. The molecule has 0 spiro atoms. The molecule has 1 saturated heterocycles. The average Bonchev–Trinajstić information content (AvgIpc) is 2.42. The molecule has 1 aromatic carbocycles. The van der Waals surface area contributed by atoms with Crippen molar-refractivity contribution in [3.63, 3.8) is 0 Å². The van der Waals surface area contributed by atoms with Crippen molar-refractivity contribution < 1.29 is 19.0 Å². The van der Waals surface area contributed by atoms with Gasteiger partial charge in [-0.2, -0.15) is 0 Å². The summed E-state index contributed by atoms with van der Waals surface area (Å²) in [6.07, 6.45) is 2.47. The Hall–Kier alpha value is -1.55. The van der Waals surface area contributed by atoms with Gasteiger partial charge in [-0.25, -0.2) is 0 Å². The summed E-state index contributed by atoms with van der Waals surface area (Å²) in [5.41, 5.74) is 2.19. The molecule has 0 saturated carbocycles. The number of aryl methyl sites for hydroxylation is 1. The molecule has 2 aliphatic rings. The smallest absolute Gasteiger partial charge is 0.306 e. The largest absolute Gasteiger partial charge is 0.493 e. The van der Waals surface area contributed by atoms with Gasteiger partial charge in [-0.15, -0.1) is 0 Å². The summed E-state index contributed by atoms with van der Waals surface area (Å²) >= 11 is 0. The number of methoxy groups -OCH3 is 1. The predicted molar refractivity (Wildman–Crippen MR) is 69.4 cm³/mol. The van der Waals surface area contributed by atoms with Gasteiger partial charge in [-0.05, 0) is 30.0 Å². The minimum absolute atomic E-state index is 0.183. The summed E-state index contributed by atoms with van der Waals surface area (Å²) in [5.74, 6) is 0.792. The first-order valence-corrected chi connectivity index (χ1v) is 6.64. The van der Waals surface area contributed by atoms with Gasteiger partial charge in [-0.3, -0.25) is 4.79 Å². The van der Waals surface area contributed by atoms with Crippen molar-refractivity contribution in [2.45, 2.75) is 24.7 Å². The zero-order valence-electron chi connectivity index (χ0n) is 11.1. The second-order valence-electron chi connectivity index (χ2n) is 5.30. The Morgan fingerprint density at radius 1 is 1.42 bits per heavy atom. The highest BCUT2D eigenvalue weighted by Gasteiger charge is 2.43. The van der Waals surface area contributed by atoms with Gasteiger partial charge in [0.2, 0.25) is 0 Å². The van der Waals surface area contributed by atoms with E-state index >= 15 is 0 Å². The van der Waals surface area contributed by atoms with Crippen molar-refractivity contribution in [1.82, 2.24) is 0 Å². The topological polar surface area (TPSA) is 44.8 Å². The first-order chi connectivity index (χ1) is 9.23. The average molecular weight is 262 g/mol. The molecule has 0 aromatic heterocycles. The van der Waals surface area contributed by atoms with Crippen LogP contribution in [-0.2, 0) is 26.1 Å². The van der Waals surface area contributed by atoms with E-state index in [1.807, 2.05) is 6.07 Å². The number of carbonyl (C=O) groups is 1. The van der Waals surface area contributed by atoms with Gasteiger partial charge >= 0.3 is 5.97 Å². The van der Waals surface area contributed by atoms with Crippen molar-refractivity contribution in [3.05, 3.63) is 29.3 Å². The monoisotopic (exact) mass is 262 g/mol. The van der Waals surface area contributed by atoms with Crippen LogP contribution >= 0.6 is 0 Å². The molecule has 0 bridgehead atoms. The van der Waals surface area contributed by atoms with Gasteiger partial charge in [-0.1, -0.05) is 12.1 Å². The van der Waals surface area contributed by atoms with Crippen LogP contribution in [0.25, 0.3) is 0 Å². The molecule has 1 fully saturated rings. The van der Waals surface area contributed by atoms with E-state index in [0.29, 0.717) is 19.6 Å². The van der Waals surface area contributed by atoms with Crippen molar-refractivity contribution in [1.29, 1.82) is 0 Å². The molecule has 2 heterocycles. The first-order valence-electron chi connectivity index (χ1n) is 6.64. The summed E-state index contributed by atoms with van der Waals surface area (Å²) in [7, 11) is 1.43. The van der Waals surface area contributed by atoms with Gasteiger partial charge in [0.05, 0.1) is 38.8 Å². The quantitative estimate of drug-likeness (QED) is 0.780. The molecule has 2 aliphatic heterocycles. The fourth-order valence-electron chi connectivity index (χ4n) is 2.76. The fraction of sp³-hybridized carbons (Fsp3) is 0.533. The molecule has 1 aromatic rings. The molecule has 3 rings (SSSR count). The maximum Gasteiger partial charge on any atom is 0.306 e. The van der Waals surface area contributed by atoms with E-state index in [1.54, 1.807) is 0 Å². The molecule has 0 atom stereocenters. The SMILES string of the molecule is COC(=O)CC1(c2ccc3c(c2)CCCO3)COC1. The molecular formula is C15H18O4. The lowest BCUT2D eigenvalue weighted by Gasteiger charge is -2.41. The van der Waals surface area contributed by atoms with Gasteiger partial charge < -0.3 is 14.2 Å². The van der Waals surface area contributed by atoms with Crippen LogP contribution in [0.3, 0.4) is 0 Å². The van der Waals surface area contributed by atoms with E-state index < -0.39 is 0 Å². The van der Waals surface area contributed by atoms with E-state index in [0.717, 1.165) is 30.8 Å². The molecule has 19 heavy (non-hydrogen) atoms. The zero-order chi connectivity index (χ0) is 13.3. The lowest BCUT2D eigenvalue weighted by molar-refractivity contribution is -0.148. The fourth-order valence-corrected chi connectivity index (χ4v) is 2.76. The summed E-state index contributed by atoms with van der Waals surface area (Å²) in [6, 6.07) is 6.23. The number of fused-ring (bicyclic) bond motifs is 1. The zero-order valence-corrected chi connectivity index (χ0v) is 11.1. The Labute approximate surface area is 112 Å². The van der Waals surface area contributed by atoms with Crippen LogP contribution in [0, 0.1) is 0 Å². The van der Waals surface area contributed by atoms with Crippen molar-refractivity contribution in [2.24, 2.45) is 0 Å². The van der Waals surface area contributed by atoms with E-state index in [-0.39, 0.29) is 11.4 Å². The van der Waals surface area contributed by atoms with Crippen LogP contribution < -0.4 is 4.74 Å². The second-order valence-corrected chi connectivity index (χ2v) is 5.30. The van der Waals surface area contributed by atoms with E-state index in [4.69, 9.17) is 14.2 Å². The summed E-state index contributed by atoms with van der Waals surface area (Å²) < 4.78 is 15.8. The molecule has 4 heteroatoms. The minimum atomic E-state index is -0.209. The van der Waals surface area contributed by atoms with Crippen molar-refractivity contribution >= 4 is 5.97 Å². The van der Waals surface area contributed by atoms with Crippen LogP contribution in [0.2, 0.25) is 0 Å². The molecule has 0 aliphatic carbocycles. The molecule has 0 radical (unpaired) electrons. The molecule has 0 unspecified atom stereocenters. The highest BCUT2D eigenvalue weighted by Crippen LogP contribution is 2.38. The van der Waals surface area contributed by atoms with Crippen molar-refractivity contribution in [3.8, 4) is 5.75 Å². The predicted octanol–water partition coefficient (Wildman–Crippen LogP) is 1.84. The number of hydrogen-bond acceptors (Lipinski definition) is 4. The summed E-state index contributed by atoms with van der Waals surface area (Å²) in [5, 5.41) is 0. The standard InChI is InChI=1S/C15H18O4/c1-17-14(16)8-15(9-18-10-15)12-4-5-13-11(7-12)3-2-6-19-13/h4-5,7H,2-3,6,8-10H2,1H3. The van der Waals surface area contributed by atoms with Crippen LogP contribution in [0.15, 0.2) is 18.2 Å².